The van der Waals surface area contributed by atoms with Crippen LogP contribution in [0.1, 0.15) is 5.56 Å². The molecule has 0 aliphatic carbocycles. The summed E-state index contributed by atoms with van der Waals surface area (Å²) in [7, 11) is 0. The fourth-order valence-corrected chi connectivity index (χ4v) is 2.56. The third-order valence-electron chi connectivity index (χ3n) is 2.68. The lowest BCUT2D eigenvalue weighted by atomic mass is 10.1. The van der Waals surface area contributed by atoms with Crippen LogP contribution in [-0.4, -0.2) is 38.5 Å². The van der Waals surface area contributed by atoms with Gasteiger partial charge in [-0.05, 0) is 29.5 Å². The van der Waals surface area contributed by atoms with E-state index in [9.17, 15) is 29.6 Å². The monoisotopic (exact) mass is 323 g/mol. The summed E-state index contributed by atoms with van der Waals surface area (Å²) in [4.78, 5) is 45.1. The first-order valence-electron chi connectivity index (χ1n) is 5.80. The standard InChI is InChI=1S/C12H9N3O6S/c13-10(17)5-14-11(18)9(22-12(14)19)4-6-1-2-8(16)7(3-6)15(20)21/h1-4,16H,5H2,(H2,13,17)/b9-4-. The maximum absolute atomic E-state index is 12.0. The number of nitro groups is 1. The van der Waals surface area contributed by atoms with Crippen molar-refractivity contribution in [1.82, 2.24) is 4.90 Å². The molecule has 22 heavy (non-hydrogen) atoms. The number of nitro benzene ring substituents is 1. The Balaban J connectivity index is 2.33. The molecule has 0 radical (unpaired) electrons. The average Bonchev–Trinajstić information content (AvgIpc) is 2.68. The van der Waals surface area contributed by atoms with Gasteiger partial charge in [-0.15, -0.1) is 0 Å². The lowest BCUT2D eigenvalue weighted by molar-refractivity contribution is -0.385. The zero-order valence-electron chi connectivity index (χ0n) is 10.9. The number of nitrogens with zero attached hydrogens (tertiary/aromatic N) is 2. The Bertz CT molecular complexity index is 730. The molecule has 0 unspecified atom stereocenters. The summed E-state index contributed by atoms with van der Waals surface area (Å²) in [6.07, 6.45) is 1.26. The van der Waals surface area contributed by atoms with E-state index in [1.54, 1.807) is 0 Å². The van der Waals surface area contributed by atoms with Gasteiger partial charge >= 0.3 is 5.69 Å². The van der Waals surface area contributed by atoms with Crippen LogP contribution in [0.15, 0.2) is 23.1 Å². The van der Waals surface area contributed by atoms with Crippen LogP contribution in [-0.2, 0) is 9.59 Å². The number of nitrogens with two attached hydrogens (primary N) is 1. The number of amides is 3. The molecule has 1 fully saturated rings. The summed E-state index contributed by atoms with van der Waals surface area (Å²) in [5, 5.41) is 19.4. The van der Waals surface area contributed by atoms with Crippen molar-refractivity contribution in [3.05, 3.63) is 38.8 Å². The maximum atomic E-state index is 12.0. The van der Waals surface area contributed by atoms with Crippen LogP contribution in [0.3, 0.4) is 0 Å². The Kier molecular flexibility index (Phi) is 4.13. The SMILES string of the molecule is NC(=O)CN1C(=O)S/C(=C\c2ccc(O)c([N+](=O)[O-])c2)C1=O. The first-order valence-corrected chi connectivity index (χ1v) is 6.62. The number of thioether (sulfide) groups is 1. The van der Waals surface area contributed by atoms with Crippen molar-refractivity contribution in [3.63, 3.8) is 0 Å². The smallest absolute Gasteiger partial charge is 0.311 e. The molecule has 0 bridgehead atoms. The van der Waals surface area contributed by atoms with Crippen LogP contribution in [0.2, 0.25) is 0 Å². The molecule has 0 aromatic heterocycles. The summed E-state index contributed by atoms with van der Waals surface area (Å²) < 4.78 is 0. The fourth-order valence-electron chi connectivity index (χ4n) is 1.72. The minimum absolute atomic E-state index is 0.00578. The first kappa shape index (κ1) is 15.5. The van der Waals surface area contributed by atoms with E-state index in [0.717, 1.165) is 12.1 Å². The van der Waals surface area contributed by atoms with Gasteiger partial charge in [-0.3, -0.25) is 29.4 Å². The Morgan fingerprint density at radius 3 is 2.73 bits per heavy atom. The van der Waals surface area contributed by atoms with Gasteiger partial charge in [-0.25, -0.2) is 0 Å². The third-order valence-corrected chi connectivity index (χ3v) is 3.59. The molecule has 0 atom stereocenters. The molecule has 0 spiro atoms. The van der Waals surface area contributed by atoms with Crippen LogP contribution in [0.4, 0.5) is 10.5 Å². The van der Waals surface area contributed by atoms with E-state index in [4.69, 9.17) is 5.73 Å². The number of rotatable bonds is 4. The van der Waals surface area contributed by atoms with Gasteiger partial charge in [0.2, 0.25) is 5.91 Å². The van der Waals surface area contributed by atoms with Gasteiger partial charge in [0.05, 0.1) is 9.83 Å². The van der Waals surface area contributed by atoms with Crippen LogP contribution < -0.4 is 5.73 Å². The third kappa shape index (κ3) is 3.06. The second-order valence-corrected chi connectivity index (χ2v) is 5.23. The average molecular weight is 323 g/mol. The van der Waals surface area contributed by atoms with Gasteiger partial charge in [0.1, 0.15) is 6.54 Å². The van der Waals surface area contributed by atoms with E-state index >= 15 is 0 Å². The van der Waals surface area contributed by atoms with Crippen molar-refractivity contribution in [1.29, 1.82) is 0 Å². The lowest BCUT2D eigenvalue weighted by Gasteiger charge is -2.08. The summed E-state index contributed by atoms with van der Waals surface area (Å²) in [5.74, 6) is -2.04. The van der Waals surface area contributed by atoms with Crippen molar-refractivity contribution in [2.24, 2.45) is 5.73 Å². The molecule has 114 valence electrons. The highest BCUT2D eigenvalue weighted by molar-refractivity contribution is 8.18. The highest BCUT2D eigenvalue weighted by Gasteiger charge is 2.35. The molecule has 3 amide bonds. The van der Waals surface area contributed by atoms with Crippen molar-refractivity contribution >= 4 is 40.6 Å². The zero-order chi connectivity index (χ0) is 16.4. The Morgan fingerprint density at radius 2 is 2.14 bits per heavy atom. The van der Waals surface area contributed by atoms with Crippen molar-refractivity contribution in [2.45, 2.75) is 0 Å². The summed E-state index contributed by atoms with van der Waals surface area (Å²) in [6.45, 7) is -0.530. The van der Waals surface area contributed by atoms with Gasteiger partial charge in [0, 0.05) is 6.07 Å². The molecular formula is C12H9N3O6S. The number of carbonyl (C=O) groups excluding carboxylic acids is 3. The van der Waals surface area contributed by atoms with E-state index in [1.165, 1.54) is 12.1 Å². The Morgan fingerprint density at radius 1 is 1.45 bits per heavy atom. The number of carbonyl (C=O) groups is 3. The highest BCUT2D eigenvalue weighted by Crippen LogP contribution is 2.33. The molecule has 9 nitrogen and oxygen atoms in total. The van der Waals surface area contributed by atoms with E-state index in [2.05, 4.69) is 0 Å². The molecular weight excluding hydrogens is 314 g/mol. The molecule has 0 saturated carbocycles. The number of phenols is 1. The predicted molar refractivity (Wildman–Crippen MR) is 76.6 cm³/mol. The van der Waals surface area contributed by atoms with Crippen molar-refractivity contribution in [3.8, 4) is 5.75 Å². The van der Waals surface area contributed by atoms with Crippen LogP contribution >= 0.6 is 11.8 Å². The molecule has 10 heteroatoms. The normalized spacial score (nSPS) is 16.4. The number of aromatic hydroxyl groups is 1. The van der Waals surface area contributed by atoms with Gasteiger partial charge < -0.3 is 10.8 Å². The Hall–Kier alpha value is -2.88. The second-order valence-electron chi connectivity index (χ2n) is 4.24. The number of benzene rings is 1. The van der Waals surface area contributed by atoms with E-state index in [0.29, 0.717) is 16.7 Å². The second kappa shape index (κ2) is 5.85. The van der Waals surface area contributed by atoms with E-state index < -0.39 is 40.0 Å². The van der Waals surface area contributed by atoms with Crippen LogP contribution in [0, 0.1) is 10.1 Å². The van der Waals surface area contributed by atoms with Crippen molar-refractivity contribution in [2.75, 3.05) is 6.54 Å². The molecule has 1 aromatic carbocycles. The maximum Gasteiger partial charge on any atom is 0.311 e. The molecule has 1 saturated heterocycles. The number of hydrogen-bond acceptors (Lipinski definition) is 7. The summed E-state index contributed by atoms with van der Waals surface area (Å²) in [5.41, 5.74) is 4.68. The summed E-state index contributed by atoms with van der Waals surface area (Å²) in [6, 6.07) is 3.53. The molecule has 3 N–H and O–H groups in total. The number of hydrogen-bond donors (Lipinski definition) is 2. The number of primary amides is 1. The molecule has 1 aromatic rings. The van der Waals surface area contributed by atoms with Crippen LogP contribution in [0.25, 0.3) is 6.08 Å². The van der Waals surface area contributed by atoms with Gasteiger partial charge in [0.15, 0.2) is 5.75 Å². The van der Waals surface area contributed by atoms with Gasteiger partial charge in [-0.1, -0.05) is 6.07 Å². The molecule has 1 heterocycles. The fraction of sp³-hybridized carbons (Fsp3) is 0.0833. The van der Waals surface area contributed by atoms with Gasteiger partial charge in [0.25, 0.3) is 11.1 Å². The molecule has 1 aliphatic heterocycles. The minimum Gasteiger partial charge on any atom is -0.502 e. The molecule has 2 rings (SSSR count). The minimum atomic E-state index is -0.830. The zero-order valence-corrected chi connectivity index (χ0v) is 11.7. The Labute approximate surface area is 127 Å². The van der Waals surface area contributed by atoms with E-state index in [1.807, 2.05) is 0 Å². The lowest BCUT2D eigenvalue weighted by Crippen LogP contribution is -2.36. The van der Waals surface area contributed by atoms with E-state index in [-0.39, 0.29) is 10.5 Å². The summed E-state index contributed by atoms with van der Waals surface area (Å²) >= 11 is 0.595. The van der Waals surface area contributed by atoms with Crippen molar-refractivity contribution < 1.29 is 24.4 Å². The number of phenolic OH excluding ortho intramolecular Hbond substituents is 1. The van der Waals surface area contributed by atoms with Crippen LogP contribution in [0.5, 0.6) is 5.75 Å². The highest BCUT2D eigenvalue weighted by atomic mass is 32.2. The predicted octanol–water partition coefficient (Wildman–Crippen LogP) is 0.822. The van der Waals surface area contributed by atoms with Gasteiger partial charge in [-0.2, -0.15) is 0 Å². The first-order chi connectivity index (χ1) is 10.3. The number of imide groups is 1. The largest absolute Gasteiger partial charge is 0.502 e. The molecule has 1 aliphatic rings. The topological polar surface area (TPSA) is 144 Å². The quantitative estimate of drug-likeness (QED) is 0.474.